The molecule has 1 aromatic heterocycles. The Hall–Kier alpha value is -6.89. The summed E-state index contributed by atoms with van der Waals surface area (Å²) in [6.45, 7) is 7.77. The van der Waals surface area contributed by atoms with Crippen LogP contribution in [0.1, 0.15) is 22.3 Å². The Kier molecular flexibility index (Phi) is 7.42. The maximum Gasteiger partial charge on any atom is 0.187 e. The minimum Gasteiger partial charge on any atom is -0.238 e. The molecule has 1 heterocycles. The van der Waals surface area contributed by atoms with Gasteiger partial charge in [0.15, 0.2) is 11.5 Å². The lowest BCUT2D eigenvalue weighted by Crippen LogP contribution is -2.28. The molecule has 7 aromatic carbocycles. The summed E-state index contributed by atoms with van der Waals surface area (Å²) in [7, 11) is 0. The Morgan fingerprint density at radius 3 is 1.49 bits per heavy atom. The fraction of sp³-hybridized carbons (Fsp3) is 0.0208. The van der Waals surface area contributed by atoms with E-state index in [9.17, 15) is 0 Å². The van der Waals surface area contributed by atoms with Crippen molar-refractivity contribution in [3.05, 3.63) is 222 Å². The van der Waals surface area contributed by atoms with E-state index in [1.807, 2.05) is 42.5 Å². The first kappa shape index (κ1) is 30.2. The number of aromatic nitrogens is 2. The van der Waals surface area contributed by atoms with Gasteiger partial charge in [-0.2, -0.15) is 0 Å². The van der Waals surface area contributed by atoms with Crippen LogP contribution < -0.4 is 0 Å². The van der Waals surface area contributed by atoms with Crippen molar-refractivity contribution in [3.63, 3.8) is 0 Å². The number of hydrogen-bond acceptors (Lipinski definition) is 2. The predicted molar refractivity (Wildman–Crippen MR) is 207 cm³/mol. The van der Waals surface area contributed by atoms with Crippen molar-refractivity contribution >= 4 is 5.69 Å². The lowest BCUT2D eigenvalue weighted by Gasteiger charge is -2.34. The minimum absolute atomic E-state index is 0.535. The van der Waals surface area contributed by atoms with Crippen LogP contribution in [0.25, 0.3) is 61.0 Å². The van der Waals surface area contributed by atoms with Gasteiger partial charge in [0, 0.05) is 16.7 Å². The molecule has 3 nitrogen and oxygen atoms in total. The third kappa shape index (κ3) is 5.14. The molecule has 8 aromatic rings. The Morgan fingerprint density at radius 2 is 0.902 bits per heavy atom. The van der Waals surface area contributed by atoms with Gasteiger partial charge in [-0.05, 0) is 62.7 Å². The topological polar surface area (TPSA) is 30.1 Å². The zero-order valence-electron chi connectivity index (χ0n) is 27.7. The van der Waals surface area contributed by atoms with Crippen molar-refractivity contribution in [2.24, 2.45) is 0 Å². The maximum atomic E-state index is 7.77. The van der Waals surface area contributed by atoms with Gasteiger partial charge in [-0.1, -0.05) is 170 Å². The molecule has 0 saturated carbocycles. The monoisotopic (exact) mass is 649 g/mol. The van der Waals surface area contributed by atoms with E-state index in [-0.39, 0.29) is 0 Å². The first-order valence-electron chi connectivity index (χ1n) is 17.1. The number of rotatable bonds is 6. The highest BCUT2D eigenvalue weighted by Gasteiger charge is 2.46. The Bertz CT molecular complexity index is 2460. The molecule has 1 aliphatic carbocycles. The van der Waals surface area contributed by atoms with Crippen LogP contribution in [-0.4, -0.2) is 9.97 Å². The first-order chi connectivity index (χ1) is 25.2. The van der Waals surface area contributed by atoms with Crippen LogP contribution in [0, 0.1) is 6.57 Å². The molecule has 0 fully saturated rings. The van der Waals surface area contributed by atoms with Crippen molar-refractivity contribution in [2.75, 3.05) is 0 Å². The third-order valence-corrected chi connectivity index (χ3v) is 10.0. The average Bonchev–Trinajstić information content (AvgIpc) is 3.51. The van der Waals surface area contributed by atoms with Crippen molar-refractivity contribution in [1.82, 2.24) is 9.97 Å². The van der Waals surface area contributed by atoms with Gasteiger partial charge in [0.05, 0.1) is 23.4 Å². The van der Waals surface area contributed by atoms with E-state index in [2.05, 4.69) is 150 Å². The van der Waals surface area contributed by atoms with Gasteiger partial charge in [0.2, 0.25) is 0 Å². The van der Waals surface area contributed by atoms with E-state index in [0.717, 1.165) is 50.3 Å². The molecule has 0 bridgehead atoms. The van der Waals surface area contributed by atoms with E-state index < -0.39 is 5.41 Å². The zero-order valence-corrected chi connectivity index (χ0v) is 27.7. The standard InChI is InChI=1S/C48H31N3/c1-49-40-27-29-43-42(31-40)41-28-26-37(30-44(41)48(43,38-18-10-4-11-19-38)39-20-12-5-13-21-39)33-22-24-35(25-23-33)46-32-45(34-14-6-2-7-15-34)50-47(51-46)36-16-8-3-9-17-36/h2-32H. The highest BCUT2D eigenvalue weighted by atomic mass is 14.9. The molecule has 0 aliphatic heterocycles. The summed E-state index contributed by atoms with van der Waals surface area (Å²) >= 11 is 0. The van der Waals surface area contributed by atoms with Gasteiger partial charge in [-0.25, -0.2) is 14.8 Å². The van der Waals surface area contributed by atoms with Gasteiger partial charge in [0.25, 0.3) is 0 Å². The Morgan fingerprint density at radius 1 is 0.392 bits per heavy atom. The van der Waals surface area contributed by atoms with Crippen LogP contribution in [-0.2, 0) is 5.41 Å². The summed E-state index contributed by atoms with van der Waals surface area (Å²) in [5, 5.41) is 0. The lowest BCUT2D eigenvalue weighted by atomic mass is 9.67. The van der Waals surface area contributed by atoms with Crippen LogP contribution in [0.3, 0.4) is 0 Å². The van der Waals surface area contributed by atoms with Crippen molar-refractivity contribution < 1.29 is 0 Å². The smallest absolute Gasteiger partial charge is 0.187 e. The summed E-state index contributed by atoms with van der Waals surface area (Å²) < 4.78 is 0. The highest BCUT2D eigenvalue weighted by molar-refractivity contribution is 5.90. The minimum atomic E-state index is -0.535. The molecule has 0 amide bonds. The molecule has 0 N–H and O–H groups in total. The quantitative estimate of drug-likeness (QED) is 0.168. The summed E-state index contributed by atoms with van der Waals surface area (Å²) in [5.41, 5.74) is 14.3. The number of hydrogen-bond donors (Lipinski definition) is 0. The van der Waals surface area contributed by atoms with E-state index in [4.69, 9.17) is 16.5 Å². The number of benzene rings is 7. The average molecular weight is 650 g/mol. The predicted octanol–water partition coefficient (Wildman–Crippen LogP) is 12.1. The molecular formula is C48H31N3. The Balaban J connectivity index is 1.18. The molecule has 0 unspecified atom stereocenters. The highest BCUT2D eigenvalue weighted by Crippen LogP contribution is 2.57. The first-order valence-corrected chi connectivity index (χ1v) is 17.1. The molecule has 0 spiro atoms. The lowest BCUT2D eigenvalue weighted by molar-refractivity contribution is 0.769. The van der Waals surface area contributed by atoms with Crippen molar-refractivity contribution in [3.8, 4) is 56.2 Å². The van der Waals surface area contributed by atoms with E-state index >= 15 is 0 Å². The summed E-state index contributed by atoms with van der Waals surface area (Å²) in [5.74, 6) is 0.703. The van der Waals surface area contributed by atoms with Crippen LogP contribution >= 0.6 is 0 Å². The molecule has 0 radical (unpaired) electrons. The van der Waals surface area contributed by atoms with Crippen LogP contribution in [0.15, 0.2) is 188 Å². The molecule has 1 aliphatic rings. The largest absolute Gasteiger partial charge is 0.238 e. The van der Waals surface area contributed by atoms with E-state index in [0.29, 0.717) is 11.5 Å². The third-order valence-electron chi connectivity index (χ3n) is 10.0. The Labute approximate surface area is 298 Å². The molecule has 0 saturated heterocycles. The second-order valence-corrected chi connectivity index (χ2v) is 12.9. The maximum absolute atomic E-state index is 7.77. The molecule has 0 atom stereocenters. The number of nitrogens with zero attached hydrogens (tertiary/aromatic N) is 3. The molecule has 51 heavy (non-hydrogen) atoms. The van der Waals surface area contributed by atoms with E-state index in [1.165, 1.54) is 22.3 Å². The van der Waals surface area contributed by atoms with Gasteiger partial charge < -0.3 is 0 Å². The van der Waals surface area contributed by atoms with Crippen LogP contribution in [0.5, 0.6) is 0 Å². The second-order valence-electron chi connectivity index (χ2n) is 12.9. The van der Waals surface area contributed by atoms with E-state index in [1.54, 1.807) is 0 Å². The van der Waals surface area contributed by atoms with Gasteiger partial charge >= 0.3 is 0 Å². The van der Waals surface area contributed by atoms with Gasteiger partial charge in [-0.3, -0.25) is 0 Å². The normalized spacial score (nSPS) is 12.5. The summed E-state index contributed by atoms with van der Waals surface area (Å²) in [6, 6.07) is 65.7. The molecular weight excluding hydrogens is 619 g/mol. The van der Waals surface area contributed by atoms with Crippen molar-refractivity contribution in [2.45, 2.75) is 5.41 Å². The van der Waals surface area contributed by atoms with Crippen LogP contribution in [0.4, 0.5) is 5.69 Å². The SMILES string of the molecule is [C-]#[N+]c1ccc2c(c1)-c1ccc(-c3ccc(-c4cc(-c5ccccc5)nc(-c5ccccc5)n4)cc3)cc1C2(c1ccccc1)c1ccccc1. The molecule has 238 valence electrons. The summed E-state index contributed by atoms with van der Waals surface area (Å²) in [6.07, 6.45) is 0. The van der Waals surface area contributed by atoms with Crippen molar-refractivity contribution in [1.29, 1.82) is 0 Å². The fourth-order valence-electron chi connectivity index (χ4n) is 7.63. The number of fused-ring (bicyclic) bond motifs is 3. The summed E-state index contributed by atoms with van der Waals surface area (Å²) in [4.78, 5) is 13.8. The fourth-order valence-corrected chi connectivity index (χ4v) is 7.63. The second kappa shape index (κ2) is 12.5. The van der Waals surface area contributed by atoms with Gasteiger partial charge in [0.1, 0.15) is 0 Å². The molecule has 9 rings (SSSR count). The van der Waals surface area contributed by atoms with Gasteiger partial charge in [-0.15, -0.1) is 0 Å². The zero-order chi connectivity index (χ0) is 34.2. The van der Waals surface area contributed by atoms with Crippen LogP contribution in [0.2, 0.25) is 0 Å². The molecule has 3 heteroatoms.